The molecule has 1 rings (SSSR count). The van der Waals surface area contributed by atoms with E-state index < -0.39 is 0 Å². The van der Waals surface area contributed by atoms with Crippen LogP contribution >= 0.6 is 11.8 Å². The molecule has 68 valence electrons. The maximum absolute atomic E-state index is 5.46. The molecule has 5 heteroatoms. The van der Waals surface area contributed by atoms with Crippen molar-refractivity contribution in [2.75, 3.05) is 6.26 Å². The molecule has 0 saturated heterocycles. The van der Waals surface area contributed by atoms with Crippen molar-refractivity contribution in [1.82, 2.24) is 0 Å². The number of amidine groups is 1. The van der Waals surface area contributed by atoms with Crippen molar-refractivity contribution in [3.05, 3.63) is 24.2 Å². The van der Waals surface area contributed by atoms with Gasteiger partial charge in [-0.15, -0.1) is 0 Å². The van der Waals surface area contributed by atoms with E-state index in [1.807, 2.05) is 18.4 Å². The van der Waals surface area contributed by atoms with Gasteiger partial charge < -0.3 is 34.1 Å². The molecule has 0 spiro atoms. The van der Waals surface area contributed by atoms with E-state index in [9.17, 15) is 0 Å². The number of rotatable bonds is 2. The molecule has 1 heterocycles. The largest absolute Gasteiger partial charge is 1.00 e. The van der Waals surface area contributed by atoms with E-state index in [0.717, 1.165) is 5.76 Å². The zero-order valence-corrected chi connectivity index (χ0v) is 9.63. The van der Waals surface area contributed by atoms with E-state index >= 15 is 0 Å². The lowest BCUT2D eigenvalue weighted by molar-refractivity contribution is -0.00000288. The van der Waals surface area contributed by atoms with Crippen molar-refractivity contribution in [3.8, 4) is 0 Å². The summed E-state index contributed by atoms with van der Waals surface area (Å²) in [5.41, 5.74) is 5.46. The topological polar surface area (TPSA) is 51.5 Å². The van der Waals surface area contributed by atoms with E-state index in [4.69, 9.17) is 10.2 Å². The molecule has 0 saturated carbocycles. The van der Waals surface area contributed by atoms with Crippen LogP contribution < -0.4 is 29.7 Å². The summed E-state index contributed by atoms with van der Waals surface area (Å²) in [7, 11) is 0. The van der Waals surface area contributed by atoms with E-state index in [1.54, 1.807) is 6.26 Å². The Morgan fingerprint density at radius 1 is 1.75 bits per heavy atom. The molecule has 0 aliphatic heterocycles. The van der Waals surface area contributed by atoms with Gasteiger partial charge in [-0.3, -0.25) is 4.99 Å². The Morgan fingerprint density at radius 2 is 2.50 bits per heavy atom. The highest BCUT2D eigenvalue weighted by Gasteiger charge is 1.92. The third-order valence-electron chi connectivity index (χ3n) is 1.18. The van der Waals surface area contributed by atoms with Crippen LogP contribution in [0.1, 0.15) is 5.76 Å². The average molecular weight is 297 g/mol. The molecule has 0 radical (unpaired) electrons. The molecule has 0 bridgehead atoms. The molecular weight excluding hydrogens is 287 g/mol. The van der Waals surface area contributed by atoms with Gasteiger partial charge in [-0.1, -0.05) is 11.8 Å². The first-order chi connectivity index (χ1) is 5.33. The van der Waals surface area contributed by atoms with Crippen LogP contribution in [0.5, 0.6) is 0 Å². The molecule has 1 aromatic rings. The minimum Gasteiger partial charge on any atom is -1.00 e. The highest BCUT2D eigenvalue weighted by molar-refractivity contribution is 8.13. The molecule has 0 amide bonds. The summed E-state index contributed by atoms with van der Waals surface area (Å²) in [6.07, 6.45) is 3.51. The van der Waals surface area contributed by atoms with Gasteiger partial charge in [0.05, 0.1) is 12.8 Å². The number of aliphatic imine (C=N–C) groups is 1. The van der Waals surface area contributed by atoms with Gasteiger partial charge in [-0.05, 0) is 18.4 Å². The predicted molar refractivity (Wildman–Crippen MR) is 47.5 cm³/mol. The van der Waals surface area contributed by atoms with Crippen LogP contribution in [0.2, 0.25) is 0 Å². The van der Waals surface area contributed by atoms with Gasteiger partial charge in [0, 0.05) is 0 Å². The van der Waals surface area contributed by atoms with Gasteiger partial charge in [0.15, 0.2) is 5.17 Å². The number of nitrogens with zero attached hydrogens (tertiary/aromatic N) is 1. The van der Waals surface area contributed by atoms with Crippen molar-refractivity contribution in [2.45, 2.75) is 6.54 Å². The van der Waals surface area contributed by atoms with Crippen LogP contribution in [-0.2, 0) is 6.54 Å². The lowest BCUT2D eigenvalue weighted by atomic mass is 10.5. The molecule has 0 aliphatic rings. The van der Waals surface area contributed by atoms with Crippen LogP contribution in [0.4, 0.5) is 0 Å². The standard InChI is InChI=1S/C7H10N2OS.HI/c1-11-7(8)9-5-6-3-2-4-10-6;/h2-4H,5H2,1H3,(H2,8,9);1H/p-1. The Hall–Kier alpha value is -0.170. The Bertz CT molecular complexity index is 236. The molecule has 0 aliphatic carbocycles. The Balaban J connectivity index is 0.00000121. The molecule has 2 N–H and O–H groups in total. The fourth-order valence-electron chi connectivity index (χ4n) is 0.623. The molecular formula is C7H10IN2OS-. The number of hydrogen-bond donors (Lipinski definition) is 1. The quantitative estimate of drug-likeness (QED) is 0.409. The van der Waals surface area contributed by atoms with Gasteiger partial charge in [-0.2, -0.15) is 0 Å². The number of thioether (sulfide) groups is 1. The second-order valence-electron chi connectivity index (χ2n) is 1.94. The predicted octanol–water partition coefficient (Wildman–Crippen LogP) is -1.54. The Kier molecular flexibility index (Phi) is 6.27. The maximum atomic E-state index is 5.46. The summed E-state index contributed by atoms with van der Waals surface area (Å²) in [6, 6.07) is 3.71. The van der Waals surface area contributed by atoms with Crippen LogP contribution in [0.25, 0.3) is 0 Å². The first kappa shape index (κ1) is 11.8. The zero-order valence-electron chi connectivity index (χ0n) is 6.66. The van der Waals surface area contributed by atoms with Crippen LogP contribution in [-0.4, -0.2) is 11.4 Å². The summed E-state index contributed by atoms with van der Waals surface area (Å²) >= 11 is 1.43. The second kappa shape index (κ2) is 6.36. The fourth-order valence-corrected chi connectivity index (χ4v) is 0.817. The molecule has 0 fully saturated rings. The number of furan rings is 1. The van der Waals surface area contributed by atoms with Crippen LogP contribution in [0, 0.1) is 0 Å². The van der Waals surface area contributed by atoms with Gasteiger partial charge in [0.2, 0.25) is 0 Å². The van der Waals surface area contributed by atoms with E-state index in [-0.39, 0.29) is 24.0 Å². The smallest absolute Gasteiger partial charge is 0.154 e. The van der Waals surface area contributed by atoms with E-state index in [1.165, 1.54) is 11.8 Å². The van der Waals surface area contributed by atoms with Crippen molar-refractivity contribution in [1.29, 1.82) is 0 Å². The summed E-state index contributed by atoms with van der Waals surface area (Å²) in [5.74, 6) is 0.835. The Labute approximate surface area is 92.8 Å². The molecule has 3 nitrogen and oxygen atoms in total. The second-order valence-corrected chi connectivity index (χ2v) is 2.76. The summed E-state index contributed by atoms with van der Waals surface area (Å²) in [6.45, 7) is 0.527. The van der Waals surface area contributed by atoms with Crippen molar-refractivity contribution >= 4 is 16.9 Å². The minimum atomic E-state index is 0. The first-order valence-corrected chi connectivity index (χ1v) is 4.41. The molecule has 1 aromatic heterocycles. The normalized spacial score (nSPS) is 10.9. The monoisotopic (exact) mass is 297 g/mol. The SMILES string of the molecule is CSC(N)=NCc1ccco1.[I-]. The van der Waals surface area contributed by atoms with Gasteiger partial charge in [0.25, 0.3) is 0 Å². The molecule has 0 unspecified atom stereocenters. The molecule has 0 aromatic carbocycles. The molecule has 0 atom stereocenters. The average Bonchev–Trinajstić information content (AvgIpc) is 2.52. The molecule has 12 heavy (non-hydrogen) atoms. The maximum Gasteiger partial charge on any atom is 0.154 e. The number of halogens is 1. The third-order valence-corrected chi connectivity index (χ3v) is 1.73. The highest BCUT2D eigenvalue weighted by atomic mass is 127. The van der Waals surface area contributed by atoms with Gasteiger partial charge in [0.1, 0.15) is 5.76 Å². The van der Waals surface area contributed by atoms with Crippen LogP contribution in [0.15, 0.2) is 27.8 Å². The highest BCUT2D eigenvalue weighted by Crippen LogP contribution is 2.02. The van der Waals surface area contributed by atoms with Crippen molar-refractivity contribution in [2.24, 2.45) is 10.7 Å². The first-order valence-electron chi connectivity index (χ1n) is 3.19. The van der Waals surface area contributed by atoms with Crippen molar-refractivity contribution in [3.63, 3.8) is 0 Å². The third kappa shape index (κ3) is 4.01. The number of nitrogens with two attached hydrogens (primary N) is 1. The summed E-state index contributed by atoms with van der Waals surface area (Å²) < 4.78 is 5.06. The minimum absolute atomic E-state index is 0. The van der Waals surface area contributed by atoms with E-state index in [2.05, 4.69) is 4.99 Å². The fraction of sp³-hybridized carbons (Fsp3) is 0.286. The lowest BCUT2D eigenvalue weighted by Crippen LogP contribution is -3.00. The van der Waals surface area contributed by atoms with E-state index in [0.29, 0.717) is 11.7 Å². The van der Waals surface area contributed by atoms with Crippen molar-refractivity contribution < 1.29 is 28.4 Å². The lowest BCUT2D eigenvalue weighted by Gasteiger charge is -1.92. The number of hydrogen-bond acceptors (Lipinski definition) is 3. The summed E-state index contributed by atoms with van der Waals surface area (Å²) in [4.78, 5) is 4.05. The Morgan fingerprint density at radius 3 is 3.00 bits per heavy atom. The van der Waals surface area contributed by atoms with Gasteiger partial charge in [-0.25, -0.2) is 0 Å². The van der Waals surface area contributed by atoms with Crippen LogP contribution in [0.3, 0.4) is 0 Å². The van der Waals surface area contributed by atoms with Gasteiger partial charge >= 0.3 is 0 Å². The summed E-state index contributed by atoms with van der Waals surface area (Å²) in [5, 5.41) is 0.585. The zero-order chi connectivity index (χ0) is 8.10.